The quantitative estimate of drug-likeness (QED) is 0.781. The summed E-state index contributed by atoms with van der Waals surface area (Å²) in [6.07, 6.45) is 0. The zero-order chi connectivity index (χ0) is 14.8. The van der Waals surface area contributed by atoms with Crippen molar-refractivity contribution in [2.45, 2.75) is 18.7 Å². The highest BCUT2D eigenvalue weighted by Gasteiger charge is 2.32. The van der Waals surface area contributed by atoms with E-state index in [4.69, 9.17) is 10.8 Å². The molecular weight excluding hydrogens is 292 g/mol. The van der Waals surface area contributed by atoms with Gasteiger partial charge in [-0.25, -0.2) is 13.2 Å². The average molecular weight is 306 g/mol. The lowest BCUT2D eigenvalue weighted by Gasteiger charge is -2.19. The third-order valence-electron chi connectivity index (χ3n) is 2.39. The Labute approximate surface area is 114 Å². The average Bonchev–Trinajstić information content (AvgIpc) is 2.68. The third-order valence-corrected chi connectivity index (χ3v) is 5.72. The van der Waals surface area contributed by atoms with Crippen molar-refractivity contribution in [1.29, 1.82) is 0 Å². The fourth-order valence-corrected chi connectivity index (χ4v) is 4.57. The molecule has 1 heterocycles. The summed E-state index contributed by atoms with van der Waals surface area (Å²) in [6, 6.07) is 0. The van der Waals surface area contributed by atoms with Gasteiger partial charge in [0, 0.05) is 6.54 Å². The number of sulfonamides is 1. The molecule has 7 nitrogen and oxygen atoms in total. The highest BCUT2D eigenvalue weighted by atomic mass is 32.2. The minimum atomic E-state index is -4.05. The van der Waals surface area contributed by atoms with E-state index in [0.717, 1.165) is 15.6 Å². The molecule has 106 valence electrons. The van der Waals surface area contributed by atoms with E-state index in [1.807, 2.05) is 0 Å². The van der Waals surface area contributed by atoms with E-state index < -0.39 is 28.4 Å². The summed E-state index contributed by atoms with van der Waals surface area (Å²) in [6.45, 7) is 2.60. The number of carbonyl (C=O) groups excluding carboxylic acids is 1. The van der Waals surface area contributed by atoms with Gasteiger partial charge in [0.2, 0.25) is 15.9 Å². The Morgan fingerprint density at radius 1 is 1.47 bits per heavy atom. The third kappa shape index (κ3) is 3.11. The van der Waals surface area contributed by atoms with Crippen molar-refractivity contribution in [2.24, 2.45) is 5.73 Å². The number of hydrogen-bond donors (Lipinski definition) is 2. The zero-order valence-electron chi connectivity index (χ0n) is 10.4. The van der Waals surface area contributed by atoms with Crippen LogP contribution in [0.2, 0.25) is 0 Å². The van der Waals surface area contributed by atoms with Crippen molar-refractivity contribution in [3.8, 4) is 0 Å². The standard InChI is InChI=1S/C10H14N2O5S2/c1-3-12(4-7(11)13)19(16,17)9-6(2)5-18-8(9)10(14)15/h5H,3-4H2,1-2H3,(H2,11,13)(H,14,15). The summed E-state index contributed by atoms with van der Waals surface area (Å²) >= 11 is 0.836. The van der Waals surface area contributed by atoms with Crippen LogP contribution in [-0.2, 0) is 14.8 Å². The fraction of sp³-hybridized carbons (Fsp3) is 0.400. The molecule has 0 atom stereocenters. The lowest BCUT2D eigenvalue weighted by molar-refractivity contribution is -0.118. The Balaban J connectivity index is 3.37. The molecule has 0 spiro atoms. The Kier molecular flexibility index (Phi) is 4.66. The molecule has 0 aliphatic heterocycles. The van der Waals surface area contributed by atoms with Crippen LogP contribution in [0, 0.1) is 6.92 Å². The molecule has 0 saturated carbocycles. The maximum absolute atomic E-state index is 12.4. The number of rotatable bonds is 6. The van der Waals surface area contributed by atoms with E-state index in [0.29, 0.717) is 5.56 Å². The predicted octanol–water partition coefficient (Wildman–Crippen LogP) is 0.251. The Morgan fingerprint density at radius 2 is 2.05 bits per heavy atom. The van der Waals surface area contributed by atoms with Gasteiger partial charge >= 0.3 is 5.97 Å². The summed E-state index contributed by atoms with van der Waals surface area (Å²) in [5.74, 6) is -2.11. The lowest BCUT2D eigenvalue weighted by Crippen LogP contribution is -2.38. The number of carboxylic acids is 1. The van der Waals surface area contributed by atoms with Gasteiger partial charge < -0.3 is 10.8 Å². The van der Waals surface area contributed by atoms with Gasteiger partial charge in [0.25, 0.3) is 0 Å². The van der Waals surface area contributed by atoms with E-state index in [1.165, 1.54) is 12.3 Å². The normalized spacial score (nSPS) is 11.7. The van der Waals surface area contributed by atoms with Gasteiger partial charge in [0.15, 0.2) is 0 Å². The van der Waals surface area contributed by atoms with Crippen LogP contribution in [0.5, 0.6) is 0 Å². The van der Waals surface area contributed by atoms with Gasteiger partial charge in [0.1, 0.15) is 9.77 Å². The molecule has 9 heteroatoms. The highest BCUT2D eigenvalue weighted by Crippen LogP contribution is 2.29. The number of amides is 1. The maximum Gasteiger partial charge on any atom is 0.347 e. The molecule has 0 saturated heterocycles. The predicted molar refractivity (Wildman–Crippen MR) is 69.6 cm³/mol. The van der Waals surface area contributed by atoms with Gasteiger partial charge in [0.05, 0.1) is 6.54 Å². The van der Waals surface area contributed by atoms with Crippen LogP contribution in [0.4, 0.5) is 0 Å². The molecular formula is C10H14N2O5S2. The first-order valence-electron chi connectivity index (χ1n) is 5.31. The second kappa shape index (κ2) is 5.68. The van der Waals surface area contributed by atoms with Crippen LogP contribution in [0.1, 0.15) is 22.2 Å². The molecule has 1 aromatic heterocycles. The number of nitrogens with two attached hydrogens (primary N) is 1. The number of thiophene rings is 1. The van der Waals surface area contributed by atoms with Crippen LogP contribution < -0.4 is 5.73 Å². The largest absolute Gasteiger partial charge is 0.477 e. The van der Waals surface area contributed by atoms with Crippen LogP contribution in [0.3, 0.4) is 0 Å². The molecule has 0 aliphatic rings. The van der Waals surface area contributed by atoms with E-state index in [2.05, 4.69) is 0 Å². The molecule has 1 aromatic rings. The van der Waals surface area contributed by atoms with E-state index in [9.17, 15) is 18.0 Å². The van der Waals surface area contributed by atoms with Gasteiger partial charge in [-0.1, -0.05) is 6.92 Å². The van der Waals surface area contributed by atoms with Gasteiger partial charge in [-0.05, 0) is 17.9 Å². The number of carbonyl (C=O) groups is 2. The summed E-state index contributed by atoms with van der Waals surface area (Å²) < 4.78 is 25.6. The van der Waals surface area contributed by atoms with Crippen molar-refractivity contribution in [1.82, 2.24) is 4.31 Å². The summed E-state index contributed by atoms with van der Waals surface area (Å²) in [5, 5.41) is 10.5. The minimum absolute atomic E-state index is 0.0274. The van der Waals surface area contributed by atoms with Crippen LogP contribution in [0.25, 0.3) is 0 Å². The number of aromatic carboxylic acids is 1. The van der Waals surface area contributed by atoms with E-state index >= 15 is 0 Å². The number of nitrogens with zero attached hydrogens (tertiary/aromatic N) is 1. The lowest BCUT2D eigenvalue weighted by atomic mass is 10.3. The van der Waals surface area contributed by atoms with Crippen molar-refractivity contribution in [3.05, 3.63) is 15.8 Å². The van der Waals surface area contributed by atoms with Crippen molar-refractivity contribution < 1.29 is 23.1 Å². The first-order chi connectivity index (χ1) is 8.71. The van der Waals surface area contributed by atoms with Crippen molar-refractivity contribution in [3.63, 3.8) is 0 Å². The zero-order valence-corrected chi connectivity index (χ0v) is 12.0. The highest BCUT2D eigenvalue weighted by molar-refractivity contribution is 7.89. The fourth-order valence-electron chi connectivity index (χ4n) is 1.57. The number of aryl methyl sites for hydroxylation is 1. The van der Waals surface area contributed by atoms with Crippen LogP contribution in [-0.4, -0.2) is 42.8 Å². The first-order valence-corrected chi connectivity index (χ1v) is 7.63. The molecule has 0 fully saturated rings. The molecule has 0 radical (unpaired) electrons. The molecule has 19 heavy (non-hydrogen) atoms. The van der Waals surface area contributed by atoms with Crippen LogP contribution >= 0.6 is 11.3 Å². The first kappa shape index (κ1) is 15.6. The molecule has 0 bridgehead atoms. The van der Waals surface area contributed by atoms with E-state index in [1.54, 1.807) is 6.92 Å². The Bertz CT molecular complexity index is 605. The monoisotopic (exact) mass is 306 g/mol. The van der Waals surface area contributed by atoms with Crippen molar-refractivity contribution >= 4 is 33.2 Å². The molecule has 0 unspecified atom stereocenters. The summed E-state index contributed by atoms with van der Waals surface area (Å²) in [4.78, 5) is 21.4. The van der Waals surface area contributed by atoms with Gasteiger partial charge in [-0.15, -0.1) is 11.3 Å². The second-order valence-electron chi connectivity index (χ2n) is 3.78. The SMILES string of the molecule is CCN(CC(N)=O)S(=O)(=O)c1c(C)csc1C(=O)O. The van der Waals surface area contributed by atoms with Crippen LogP contribution in [0.15, 0.2) is 10.3 Å². The summed E-state index contributed by atoms with van der Waals surface area (Å²) in [5.41, 5.74) is 5.33. The molecule has 0 aliphatic carbocycles. The molecule has 0 aromatic carbocycles. The second-order valence-corrected chi connectivity index (χ2v) is 6.53. The molecule has 1 amide bonds. The van der Waals surface area contributed by atoms with Gasteiger partial charge in [-0.2, -0.15) is 4.31 Å². The number of primary amides is 1. The summed E-state index contributed by atoms with van der Waals surface area (Å²) in [7, 11) is -4.05. The molecule has 1 rings (SSSR count). The van der Waals surface area contributed by atoms with E-state index in [-0.39, 0.29) is 16.3 Å². The van der Waals surface area contributed by atoms with Crippen molar-refractivity contribution in [2.75, 3.05) is 13.1 Å². The molecule has 3 N–H and O–H groups in total. The van der Waals surface area contributed by atoms with Gasteiger partial charge in [-0.3, -0.25) is 4.79 Å². The Morgan fingerprint density at radius 3 is 2.47 bits per heavy atom. The number of hydrogen-bond acceptors (Lipinski definition) is 5. The minimum Gasteiger partial charge on any atom is -0.477 e. The topological polar surface area (TPSA) is 118 Å². The smallest absolute Gasteiger partial charge is 0.347 e. The number of carboxylic acid groups (broad SMARTS) is 1. The number of likely N-dealkylation sites (N-methyl/N-ethyl adjacent to an activating group) is 1. The Hall–Kier alpha value is -1.45. The maximum atomic E-state index is 12.4.